The first-order valence-electron chi connectivity index (χ1n) is 7.08. The summed E-state index contributed by atoms with van der Waals surface area (Å²) in [6.07, 6.45) is 2.42. The van der Waals surface area contributed by atoms with Crippen molar-refractivity contribution in [3.63, 3.8) is 0 Å². The third-order valence-electron chi connectivity index (χ3n) is 4.24. The van der Waals surface area contributed by atoms with Gasteiger partial charge in [-0.2, -0.15) is 0 Å². The van der Waals surface area contributed by atoms with Crippen molar-refractivity contribution in [3.05, 3.63) is 65.7 Å². The maximum absolute atomic E-state index is 3.67. The molecule has 98 valence electrons. The van der Waals surface area contributed by atoms with Crippen LogP contribution in [0.15, 0.2) is 54.6 Å². The molecule has 1 N–H and O–H groups in total. The molecule has 1 aliphatic rings. The molecule has 2 aromatic rings. The molecule has 0 spiro atoms. The Morgan fingerprint density at radius 1 is 0.947 bits per heavy atom. The Kier molecular flexibility index (Phi) is 3.06. The fraction of sp³-hybridized carbons (Fsp3) is 0.333. The Morgan fingerprint density at radius 3 is 2.42 bits per heavy atom. The Hall–Kier alpha value is -1.76. The molecule has 0 fully saturated rings. The van der Waals surface area contributed by atoms with Gasteiger partial charge in [0.05, 0.1) is 6.04 Å². The van der Waals surface area contributed by atoms with Crippen molar-refractivity contribution in [2.24, 2.45) is 0 Å². The number of anilines is 1. The van der Waals surface area contributed by atoms with Crippen molar-refractivity contribution < 1.29 is 0 Å². The first-order valence-corrected chi connectivity index (χ1v) is 7.08. The molecule has 1 aliphatic carbocycles. The van der Waals surface area contributed by atoms with Gasteiger partial charge in [-0.15, -0.1) is 0 Å². The topological polar surface area (TPSA) is 12.0 Å². The van der Waals surface area contributed by atoms with E-state index in [9.17, 15) is 0 Å². The molecule has 1 heteroatoms. The Labute approximate surface area is 115 Å². The summed E-state index contributed by atoms with van der Waals surface area (Å²) in [4.78, 5) is 0. The number of hydrogen-bond acceptors (Lipinski definition) is 1. The molecule has 0 bridgehead atoms. The van der Waals surface area contributed by atoms with E-state index in [4.69, 9.17) is 0 Å². The molecule has 19 heavy (non-hydrogen) atoms. The van der Waals surface area contributed by atoms with Gasteiger partial charge >= 0.3 is 0 Å². The summed E-state index contributed by atoms with van der Waals surface area (Å²) in [6.45, 7) is 4.70. The average Bonchev–Trinajstić information content (AvgIpc) is 2.44. The number of fused-ring (bicyclic) bond motifs is 1. The van der Waals surface area contributed by atoms with E-state index in [1.54, 1.807) is 0 Å². The van der Waals surface area contributed by atoms with Crippen molar-refractivity contribution >= 4 is 5.69 Å². The molecule has 2 aromatic carbocycles. The maximum atomic E-state index is 3.67. The van der Waals surface area contributed by atoms with Crippen LogP contribution in [0.2, 0.25) is 0 Å². The number of benzene rings is 2. The summed E-state index contributed by atoms with van der Waals surface area (Å²) in [5.74, 6) is 0. The summed E-state index contributed by atoms with van der Waals surface area (Å²) in [5, 5.41) is 3.67. The van der Waals surface area contributed by atoms with Crippen LogP contribution in [0.3, 0.4) is 0 Å². The van der Waals surface area contributed by atoms with Crippen molar-refractivity contribution in [1.29, 1.82) is 0 Å². The van der Waals surface area contributed by atoms with Crippen LogP contribution in [-0.4, -0.2) is 0 Å². The lowest BCUT2D eigenvalue weighted by atomic mass is 9.71. The van der Waals surface area contributed by atoms with E-state index in [2.05, 4.69) is 73.8 Å². The van der Waals surface area contributed by atoms with Crippen LogP contribution in [0.5, 0.6) is 0 Å². The van der Waals surface area contributed by atoms with Crippen molar-refractivity contribution in [3.8, 4) is 0 Å². The van der Waals surface area contributed by atoms with Crippen LogP contribution < -0.4 is 5.32 Å². The standard InChI is InChI=1S/C18H21N/c1-18(2)13-12-17(15-10-6-7-11-16(15)18)19-14-8-4-3-5-9-14/h3-11,17,19H,12-13H2,1-2H3. The molecule has 0 radical (unpaired) electrons. The second kappa shape index (κ2) is 4.73. The third-order valence-corrected chi connectivity index (χ3v) is 4.24. The van der Waals surface area contributed by atoms with Gasteiger partial charge in [0, 0.05) is 5.69 Å². The summed E-state index contributed by atoms with van der Waals surface area (Å²) in [5.41, 5.74) is 4.46. The van der Waals surface area contributed by atoms with Gasteiger partial charge in [-0.05, 0) is 41.5 Å². The van der Waals surface area contributed by atoms with Gasteiger partial charge in [-0.25, -0.2) is 0 Å². The molecule has 0 saturated heterocycles. The second-order valence-electron chi connectivity index (χ2n) is 6.07. The van der Waals surface area contributed by atoms with E-state index in [1.165, 1.54) is 29.7 Å². The van der Waals surface area contributed by atoms with Crippen LogP contribution in [-0.2, 0) is 5.41 Å². The van der Waals surface area contributed by atoms with Gasteiger partial charge in [0.1, 0.15) is 0 Å². The molecule has 0 amide bonds. The zero-order valence-corrected chi connectivity index (χ0v) is 11.7. The highest BCUT2D eigenvalue weighted by Crippen LogP contribution is 2.42. The van der Waals surface area contributed by atoms with Crippen LogP contribution in [0, 0.1) is 0 Å². The highest BCUT2D eigenvalue weighted by Gasteiger charge is 2.31. The van der Waals surface area contributed by atoms with Crippen LogP contribution in [0.1, 0.15) is 43.9 Å². The minimum absolute atomic E-state index is 0.297. The number of para-hydroxylation sites is 1. The van der Waals surface area contributed by atoms with Crippen molar-refractivity contribution in [2.75, 3.05) is 5.32 Å². The predicted molar refractivity (Wildman–Crippen MR) is 81.5 cm³/mol. The Bertz CT molecular complexity index is 557. The summed E-state index contributed by atoms with van der Waals surface area (Å²) in [7, 11) is 0. The minimum atomic E-state index is 0.297. The highest BCUT2D eigenvalue weighted by atomic mass is 14.9. The molecule has 3 rings (SSSR count). The van der Waals surface area contributed by atoms with Gasteiger partial charge < -0.3 is 5.32 Å². The average molecular weight is 251 g/mol. The molecule has 1 atom stereocenters. The number of hydrogen-bond donors (Lipinski definition) is 1. The van der Waals surface area contributed by atoms with Gasteiger partial charge in [0.2, 0.25) is 0 Å². The van der Waals surface area contributed by atoms with E-state index in [0.29, 0.717) is 11.5 Å². The normalized spacial score (nSPS) is 20.6. The van der Waals surface area contributed by atoms with E-state index in [-0.39, 0.29) is 0 Å². The number of rotatable bonds is 2. The van der Waals surface area contributed by atoms with E-state index in [0.717, 1.165) is 0 Å². The zero-order chi connectivity index (χ0) is 13.3. The molecule has 0 aromatic heterocycles. The van der Waals surface area contributed by atoms with Gasteiger partial charge in [0.25, 0.3) is 0 Å². The Balaban J connectivity index is 1.93. The van der Waals surface area contributed by atoms with Gasteiger partial charge in [0.15, 0.2) is 0 Å². The smallest absolute Gasteiger partial charge is 0.0517 e. The quantitative estimate of drug-likeness (QED) is 0.799. The Morgan fingerprint density at radius 2 is 1.63 bits per heavy atom. The first kappa shape index (κ1) is 12.3. The minimum Gasteiger partial charge on any atom is -0.378 e. The SMILES string of the molecule is CC1(C)CCC(Nc2ccccc2)c2ccccc21. The lowest BCUT2D eigenvalue weighted by molar-refractivity contribution is 0.406. The van der Waals surface area contributed by atoms with Gasteiger partial charge in [-0.1, -0.05) is 56.3 Å². The largest absolute Gasteiger partial charge is 0.378 e. The molecule has 1 nitrogen and oxygen atoms in total. The molecule has 0 aliphatic heterocycles. The predicted octanol–water partition coefficient (Wildman–Crippen LogP) is 4.91. The van der Waals surface area contributed by atoms with Crippen LogP contribution >= 0.6 is 0 Å². The maximum Gasteiger partial charge on any atom is 0.0517 e. The van der Waals surface area contributed by atoms with Crippen LogP contribution in [0.4, 0.5) is 5.69 Å². The summed E-state index contributed by atoms with van der Waals surface area (Å²) in [6, 6.07) is 19.8. The lowest BCUT2D eigenvalue weighted by Crippen LogP contribution is -2.29. The zero-order valence-electron chi connectivity index (χ0n) is 11.7. The van der Waals surface area contributed by atoms with Crippen molar-refractivity contribution in [2.45, 2.75) is 38.1 Å². The van der Waals surface area contributed by atoms with E-state index >= 15 is 0 Å². The molecular weight excluding hydrogens is 230 g/mol. The first-order chi connectivity index (χ1) is 9.17. The number of nitrogens with one attached hydrogen (secondary N) is 1. The van der Waals surface area contributed by atoms with E-state index < -0.39 is 0 Å². The second-order valence-corrected chi connectivity index (χ2v) is 6.07. The third kappa shape index (κ3) is 2.37. The van der Waals surface area contributed by atoms with Gasteiger partial charge in [-0.3, -0.25) is 0 Å². The van der Waals surface area contributed by atoms with E-state index in [1.807, 2.05) is 0 Å². The monoisotopic (exact) mass is 251 g/mol. The molecular formula is C18H21N. The summed E-state index contributed by atoms with van der Waals surface area (Å²) >= 11 is 0. The highest BCUT2D eigenvalue weighted by molar-refractivity contribution is 5.48. The summed E-state index contributed by atoms with van der Waals surface area (Å²) < 4.78 is 0. The fourth-order valence-corrected chi connectivity index (χ4v) is 3.10. The molecule has 0 heterocycles. The fourth-order valence-electron chi connectivity index (χ4n) is 3.10. The molecule has 0 saturated carbocycles. The van der Waals surface area contributed by atoms with Crippen molar-refractivity contribution in [1.82, 2.24) is 0 Å². The molecule has 1 unspecified atom stereocenters. The lowest BCUT2D eigenvalue weighted by Gasteiger charge is -2.37. The van der Waals surface area contributed by atoms with Crippen LogP contribution in [0.25, 0.3) is 0 Å².